The standard InChI is InChI=1S/C19H22FNO2/c1-23-19(22)8-4-5-14-9-11-15(12-10-14)18(21)13-16-6-2-3-7-17(16)20/h2-3,6-7,9-12,18H,4-5,8,13,21H2,1H3. The summed E-state index contributed by atoms with van der Waals surface area (Å²) in [7, 11) is 1.40. The van der Waals surface area contributed by atoms with Crippen LogP contribution >= 0.6 is 0 Å². The van der Waals surface area contributed by atoms with Crippen molar-refractivity contribution in [2.45, 2.75) is 31.7 Å². The molecule has 122 valence electrons. The van der Waals surface area contributed by atoms with Crippen molar-refractivity contribution >= 4 is 5.97 Å². The summed E-state index contributed by atoms with van der Waals surface area (Å²) in [6.45, 7) is 0. The number of carbonyl (C=O) groups excluding carboxylic acids is 1. The van der Waals surface area contributed by atoms with Gasteiger partial charge in [-0.3, -0.25) is 4.79 Å². The minimum absolute atomic E-state index is 0.187. The lowest BCUT2D eigenvalue weighted by molar-refractivity contribution is -0.140. The molecular formula is C19H22FNO2. The van der Waals surface area contributed by atoms with Crippen LogP contribution in [0.1, 0.15) is 35.6 Å². The van der Waals surface area contributed by atoms with Gasteiger partial charge in [0.2, 0.25) is 0 Å². The van der Waals surface area contributed by atoms with Crippen LogP contribution in [0.2, 0.25) is 0 Å². The summed E-state index contributed by atoms with van der Waals surface area (Å²) in [5.41, 5.74) is 8.93. The number of halogens is 1. The van der Waals surface area contributed by atoms with E-state index in [0.29, 0.717) is 18.4 Å². The predicted octanol–water partition coefficient (Wildman–Crippen LogP) is 3.56. The first-order valence-corrected chi connectivity index (χ1v) is 7.75. The molecule has 0 aromatic heterocycles. The average molecular weight is 315 g/mol. The number of benzene rings is 2. The summed E-state index contributed by atoms with van der Waals surface area (Å²) in [5, 5.41) is 0. The highest BCUT2D eigenvalue weighted by Crippen LogP contribution is 2.19. The molecule has 0 spiro atoms. The molecular weight excluding hydrogens is 293 g/mol. The van der Waals surface area contributed by atoms with Gasteiger partial charge in [0.25, 0.3) is 0 Å². The number of carbonyl (C=O) groups is 1. The molecule has 23 heavy (non-hydrogen) atoms. The van der Waals surface area contributed by atoms with Crippen LogP contribution in [0.15, 0.2) is 48.5 Å². The van der Waals surface area contributed by atoms with Gasteiger partial charge in [-0.25, -0.2) is 4.39 Å². The molecule has 0 aliphatic heterocycles. The maximum atomic E-state index is 13.7. The first-order chi connectivity index (χ1) is 11.1. The largest absolute Gasteiger partial charge is 0.469 e. The molecule has 3 nitrogen and oxygen atoms in total. The monoisotopic (exact) mass is 315 g/mol. The topological polar surface area (TPSA) is 52.3 Å². The summed E-state index contributed by atoms with van der Waals surface area (Å²) < 4.78 is 18.3. The second-order valence-corrected chi connectivity index (χ2v) is 5.57. The van der Waals surface area contributed by atoms with Crippen LogP contribution < -0.4 is 5.73 Å². The number of hydrogen-bond donors (Lipinski definition) is 1. The number of rotatable bonds is 7. The van der Waals surface area contributed by atoms with E-state index in [2.05, 4.69) is 4.74 Å². The fraction of sp³-hybridized carbons (Fsp3) is 0.316. The molecule has 1 atom stereocenters. The minimum Gasteiger partial charge on any atom is -0.469 e. The summed E-state index contributed by atoms with van der Waals surface area (Å²) >= 11 is 0. The van der Waals surface area contributed by atoms with Crippen LogP contribution in [0, 0.1) is 5.82 Å². The van der Waals surface area contributed by atoms with E-state index in [0.717, 1.165) is 24.0 Å². The van der Waals surface area contributed by atoms with Gasteiger partial charge in [-0.2, -0.15) is 0 Å². The Labute approximate surface area is 136 Å². The molecule has 4 heteroatoms. The van der Waals surface area contributed by atoms with Crippen molar-refractivity contribution in [3.8, 4) is 0 Å². The second kappa shape index (κ2) is 8.44. The van der Waals surface area contributed by atoms with Crippen molar-refractivity contribution < 1.29 is 13.9 Å². The molecule has 1 unspecified atom stereocenters. The highest BCUT2D eigenvalue weighted by atomic mass is 19.1. The third-order valence-electron chi connectivity index (χ3n) is 3.88. The molecule has 2 N–H and O–H groups in total. The number of esters is 1. The molecule has 2 aromatic rings. The maximum Gasteiger partial charge on any atom is 0.305 e. The lowest BCUT2D eigenvalue weighted by atomic mass is 9.97. The van der Waals surface area contributed by atoms with Gasteiger partial charge in [0.1, 0.15) is 5.82 Å². The first kappa shape index (κ1) is 17.2. The van der Waals surface area contributed by atoms with Gasteiger partial charge >= 0.3 is 5.97 Å². The molecule has 0 aliphatic rings. The zero-order valence-corrected chi connectivity index (χ0v) is 13.3. The number of ether oxygens (including phenoxy) is 1. The summed E-state index contributed by atoms with van der Waals surface area (Å²) in [4.78, 5) is 11.1. The van der Waals surface area contributed by atoms with Crippen LogP contribution in [0.5, 0.6) is 0 Å². The van der Waals surface area contributed by atoms with Crippen LogP contribution in [0.4, 0.5) is 4.39 Å². The maximum absolute atomic E-state index is 13.7. The van der Waals surface area contributed by atoms with E-state index in [-0.39, 0.29) is 17.8 Å². The smallest absolute Gasteiger partial charge is 0.305 e. The van der Waals surface area contributed by atoms with Crippen LogP contribution in [-0.2, 0) is 22.4 Å². The molecule has 2 rings (SSSR count). The van der Waals surface area contributed by atoms with Crippen LogP contribution in [0.3, 0.4) is 0 Å². The number of hydrogen-bond acceptors (Lipinski definition) is 3. The van der Waals surface area contributed by atoms with E-state index in [1.165, 1.54) is 13.2 Å². The fourth-order valence-corrected chi connectivity index (χ4v) is 2.49. The van der Waals surface area contributed by atoms with Gasteiger partial charge in [0.15, 0.2) is 0 Å². The minimum atomic E-state index is -0.240. The van der Waals surface area contributed by atoms with Gasteiger partial charge in [-0.1, -0.05) is 42.5 Å². The predicted molar refractivity (Wildman–Crippen MR) is 88.4 cm³/mol. The van der Waals surface area contributed by atoms with E-state index in [1.54, 1.807) is 12.1 Å². The van der Waals surface area contributed by atoms with Crippen molar-refractivity contribution in [3.05, 3.63) is 71.0 Å². The Morgan fingerprint density at radius 3 is 2.52 bits per heavy atom. The highest BCUT2D eigenvalue weighted by molar-refractivity contribution is 5.69. The van der Waals surface area contributed by atoms with Gasteiger partial charge in [0, 0.05) is 12.5 Å². The van der Waals surface area contributed by atoms with Crippen molar-refractivity contribution in [1.29, 1.82) is 0 Å². The van der Waals surface area contributed by atoms with Crippen molar-refractivity contribution in [1.82, 2.24) is 0 Å². The lowest BCUT2D eigenvalue weighted by Crippen LogP contribution is -2.14. The molecule has 0 amide bonds. The molecule has 0 aliphatic carbocycles. The molecule has 0 radical (unpaired) electrons. The Hall–Kier alpha value is -2.20. The third-order valence-corrected chi connectivity index (χ3v) is 3.88. The Morgan fingerprint density at radius 1 is 1.17 bits per heavy atom. The van der Waals surface area contributed by atoms with E-state index in [1.807, 2.05) is 30.3 Å². The number of methoxy groups -OCH3 is 1. The van der Waals surface area contributed by atoms with Crippen molar-refractivity contribution in [2.24, 2.45) is 5.73 Å². The van der Waals surface area contributed by atoms with Crippen LogP contribution in [-0.4, -0.2) is 13.1 Å². The Kier molecular flexibility index (Phi) is 6.29. The second-order valence-electron chi connectivity index (χ2n) is 5.57. The molecule has 0 saturated carbocycles. The van der Waals surface area contributed by atoms with Gasteiger partial charge < -0.3 is 10.5 Å². The lowest BCUT2D eigenvalue weighted by Gasteiger charge is -2.13. The molecule has 0 heterocycles. The van der Waals surface area contributed by atoms with Crippen molar-refractivity contribution in [3.63, 3.8) is 0 Å². The van der Waals surface area contributed by atoms with Crippen LogP contribution in [0.25, 0.3) is 0 Å². The van der Waals surface area contributed by atoms with Crippen molar-refractivity contribution in [2.75, 3.05) is 7.11 Å². The average Bonchev–Trinajstić information content (AvgIpc) is 2.57. The zero-order valence-electron chi connectivity index (χ0n) is 13.3. The summed E-state index contributed by atoms with van der Waals surface area (Å²) in [6, 6.07) is 14.4. The summed E-state index contributed by atoms with van der Waals surface area (Å²) in [6.07, 6.45) is 2.46. The third kappa shape index (κ3) is 5.18. The normalized spacial score (nSPS) is 12.0. The SMILES string of the molecule is COC(=O)CCCc1ccc(C(N)Cc2ccccc2F)cc1. The van der Waals surface area contributed by atoms with Gasteiger partial charge in [-0.05, 0) is 42.0 Å². The van der Waals surface area contributed by atoms with E-state index in [9.17, 15) is 9.18 Å². The molecule has 0 saturated heterocycles. The Morgan fingerprint density at radius 2 is 1.87 bits per heavy atom. The van der Waals surface area contributed by atoms with Gasteiger partial charge in [0.05, 0.1) is 7.11 Å². The van der Waals surface area contributed by atoms with Gasteiger partial charge in [-0.15, -0.1) is 0 Å². The number of nitrogens with two attached hydrogens (primary N) is 1. The quantitative estimate of drug-likeness (QED) is 0.795. The molecule has 0 bridgehead atoms. The summed E-state index contributed by atoms with van der Waals surface area (Å²) in [5.74, 6) is -0.407. The number of aryl methyl sites for hydroxylation is 1. The van der Waals surface area contributed by atoms with E-state index in [4.69, 9.17) is 5.73 Å². The fourth-order valence-electron chi connectivity index (χ4n) is 2.49. The van der Waals surface area contributed by atoms with E-state index < -0.39 is 0 Å². The Balaban J connectivity index is 1.91. The molecule has 0 fully saturated rings. The van der Waals surface area contributed by atoms with E-state index >= 15 is 0 Å². The highest BCUT2D eigenvalue weighted by Gasteiger charge is 2.10. The molecule has 2 aromatic carbocycles. The first-order valence-electron chi connectivity index (χ1n) is 7.75. The Bertz CT molecular complexity index is 640. The zero-order chi connectivity index (χ0) is 16.7.